The smallest absolute Gasteiger partial charge is 0.112 e. The van der Waals surface area contributed by atoms with E-state index < -0.39 is 6.10 Å². The summed E-state index contributed by atoms with van der Waals surface area (Å²) in [5.74, 6) is 0. The molecule has 0 aromatic heterocycles. The van der Waals surface area contributed by atoms with Gasteiger partial charge in [0.1, 0.15) is 12.2 Å². The van der Waals surface area contributed by atoms with Gasteiger partial charge in [-0.15, -0.1) is 0 Å². The van der Waals surface area contributed by atoms with E-state index in [9.17, 15) is 5.11 Å². The number of aliphatic hydroxyl groups excluding tert-OH is 1. The van der Waals surface area contributed by atoms with Crippen LogP contribution in [0, 0.1) is 0 Å². The van der Waals surface area contributed by atoms with Gasteiger partial charge in [0.25, 0.3) is 0 Å². The lowest BCUT2D eigenvalue weighted by atomic mass is 10.1. The van der Waals surface area contributed by atoms with E-state index in [1.807, 2.05) is 13.8 Å². The van der Waals surface area contributed by atoms with Crippen LogP contribution >= 0.6 is 0 Å². The maximum atomic E-state index is 9.51. The molecule has 1 N–H and O–H groups in total. The average molecular weight is 160 g/mol. The van der Waals surface area contributed by atoms with Crippen molar-refractivity contribution in [3.05, 3.63) is 0 Å². The van der Waals surface area contributed by atoms with E-state index in [0.29, 0.717) is 0 Å². The molecule has 1 fully saturated rings. The fraction of sp³-hybridized carbons (Fsp3) is 1.00. The molecule has 4 atom stereocenters. The molecule has 1 saturated heterocycles. The fourth-order valence-corrected chi connectivity index (χ4v) is 1.54. The molecule has 11 heavy (non-hydrogen) atoms. The SMILES string of the molecule is CC[C@H]1O[C@@H](C)[C@@H](O)C1OC. The Morgan fingerprint density at radius 1 is 1.55 bits per heavy atom. The molecule has 0 aliphatic carbocycles. The van der Waals surface area contributed by atoms with E-state index >= 15 is 0 Å². The molecule has 0 bridgehead atoms. The number of methoxy groups -OCH3 is 1. The van der Waals surface area contributed by atoms with Gasteiger partial charge >= 0.3 is 0 Å². The minimum atomic E-state index is -0.468. The third-order valence-corrected chi connectivity index (χ3v) is 2.25. The lowest BCUT2D eigenvalue weighted by molar-refractivity contribution is -0.0116. The number of ether oxygens (including phenoxy) is 2. The van der Waals surface area contributed by atoms with Crippen LogP contribution in [-0.4, -0.2) is 36.6 Å². The number of aliphatic hydroxyl groups is 1. The third-order valence-electron chi connectivity index (χ3n) is 2.25. The van der Waals surface area contributed by atoms with Gasteiger partial charge in [0.15, 0.2) is 0 Å². The van der Waals surface area contributed by atoms with Crippen LogP contribution in [0.25, 0.3) is 0 Å². The number of rotatable bonds is 2. The maximum absolute atomic E-state index is 9.51. The van der Waals surface area contributed by atoms with Gasteiger partial charge in [-0.25, -0.2) is 0 Å². The Hall–Kier alpha value is -0.120. The zero-order valence-corrected chi connectivity index (χ0v) is 7.28. The molecular weight excluding hydrogens is 144 g/mol. The van der Waals surface area contributed by atoms with Crippen molar-refractivity contribution >= 4 is 0 Å². The van der Waals surface area contributed by atoms with Crippen LogP contribution < -0.4 is 0 Å². The lowest BCUT2D eigenvalue weighted by Crippen LogP contribution is -2.33. The van der Waals surface area contributed by atoms with Gasteiger partial charge in [0.2, 0.25) is 0 Å². The van der Waals surface area contributed by atoms with Gasteiger partial charge in [-0.3, -0.25) is 0 Å². The normalized spacial score (nSPS) is 44.7. The second-order valence-electron chi connectivity index (χ2n) is 2.98. The predicted molar refractivity (Wildman–Crippen MR) is 41.4 cm³/mol. The highest BCUT2D eigenvalue weighted by atomic mass is 16.6. The zero-order valence-electron chi connectivity index (χ0n) is 7.28. The molecule has 1 aliphatic rings. The molecule has 0 spiro atoms. The van der Waals surface area contributed by atoms with E-state index in [1.165, 1.54) is 0 Å². The minimum absolute atomic E-state index is 0.0602. The van der Waals surface area contributed by atoms with Gasteiger partial charge in [-0.1, -0.05) is 6.92 Å². The van der Waals surface area contributed by atoms with Crippen molar-refractivity contribution in [1.82, 2.24) is 0 Å². The van der Waals surface area contributed by atoms with Crippen molar-refractivity contribution in [3.63, 3.8) is 0 Å². The summed E-state index contributed by atoms with van der Waals surface area (Å²) in [6.45, 7) is 3.90. The fourth-order valence-electron chi connectivity index (χ4n) is 1.54. The first-order valence-electron chi connectivity index (χ1n) is 4.07. The van der Waals surface area contributed by atoms with Crippen molar-refractivity contribution < 1.29 is 14.6 Å². The Morgan fingerprint density at radius 2 is 2.18 bits per heavy atom. The van der Waals surface area contributed by atoms with E-state index in [-0.39, 0.29) is 18.3 Å². The molecule has 0 aromatic carbocycles. The van der Waals surface area contributed by atoms with E-state index in [0.717, 1.165) is 6.42 Å². The first kappa shape index (κ1) is 8.97. The zero-order chi connectivity index (χ0) is 8.43. The van der Waals surface area contributed by atoms with Crippen LogP contribution in [0.1, 0.15) is 20.3 Å². The third kappa shape index (κ3) is 1.55. The standard InChI is InChI=1S/C8H16O3/c1-4-6-8(10-3)7(9)5(2)11-6/h5-9H,4H2,1-3H3/t5-,6+,7+,8?/m0/s1. The largest absolute Gasteiger partial charge is 0.388 e. The predicted octanol–water partition coefficient (Wildman–Crippen LogP) is 0.560. The molecule has 66 valence electrons. The van der Waals surface area contributed by atoms with Gasteiger partial charge in [0, 0.05) is 7.11 Å². The summed E-state index contributed by atoms with van der Waals surface area (Å²) in [6, 6.07) is 0. The second kappa shape index (κ2) is 3.52. The van der Waals surface area contributed by atoms with Crippen LogP contribution in [0.4, 0.5) is 0 Å². The molecule has 0 radical (unpaired) electrons. The van der Waals surface area contributed by atoms with Crippen LogP contribution in [0.2, 0.25) is 0 Å². The van der Waals surface area contributed by atoms with Crippen molar-refractivity contribution in [3.8, 4) is 0 Å². The summed E-state index contributed by atoms with van der Waals surface area (Å²) < 4.78 is 10.6. The topological polar surface area (TPSA) is 38.7 Å². The molecule has 0 amide bonds. The number of hydrogen-bond acceptors (Lipinski definition) is 3. The molecule has 1 aliphatic heterocycles. The van der Waals surface area contributed by atoms with Crippen molar-refractivity contribution in [2.75, 3.05) is 7.11 Å². The highest BCUT2D eigenvalue weighted by Crippen LogP contribution is 2.24. The first-order valence-corrected chi connectivity index (χ1v) is 4.07. The molecule has 0 aromatic rings. The Labute approximate surface area is 67.3 Å². The quantitative estimate of drug-likeness (QED) is 0.641. The summed E-state index contributed by atoms with van der Waals surface area (Å²) >= 11 is 0. The Bertz CT molecular complexity index is 127. The van der Waals surface area contributed by atoms with Crippen molar-refractivity contribution in [1.29, 1.82) is 0 Å². The van der Waals surface area contributed by atoms with Crippen molar-refractivity contribution in [2.45, 2.75) is 44.7 Å². The summed E-state index contributed by atoms with van der Waals surface area (Å²) in [5.41, 5.74) is 0. The van der Waals surface area contributed by atoms with Crippen molar-refractivity contribution in [2.24, 2.45) is 0 Å². The molecule has 1 unspecified atom stereocenters. The van der Waals surface area contributed by atoms with Crippen LogP contribution in [0.15, 0.2) is 0 Å². The molecule has 1 rings (SSSR count). The summed E-state index contributed by atoms with van der Waals surface area (Å²) in [6.07, 6.45) is 0.245. The minimum Gasteiger partial charge on any atom is -0.388 e. The van der Waals surface area contributed by atoms with E-state index in [2.05, 4.69) is 0 Å². The highest BCUT2D eigenvalue weighted by Gasteiger charge is 2.40. The van der Waals surface area contributed by atoms with Gasteiger partial charge < -0.3 is 14.6 Å². The van der Waals surface area contributed by atoms with Gasteiger partial charge in [0.05, 0.1) is 12.2 Å². The molecule has 1 heterocycles. The Balaban J connectivity index is 2.57. The Morgan fingerprint density at radius 3 is 2.55 bits per heavy atom. The van der Waals surface area contributed by atoms with Crippen LogP contribution in [0.3, 0.4) is 0 Å². The molecule has 0 saturated carbocycles. The van der Waals surface area contributed by atoms with Gasteiger partial charge in [-0.05, 0) is 13.3 Å². The lowest BCUT2D eigenvalue weighted by Gasteiger charge is -2.16. The molecule has 3 heteroatoms. The van der Waals surface area contributed by atoms with Crippen LogP contribution in [0.5, 0.6) is 0 Å². The number of hydrogen-bond donors (Lipinski definition) is 1. The monoisotopic (exact) mass is 160 g/mol. The maximum Gasteiger partial charge on any atom is 0.112 e. The molecule has 3 nitrogen and oxygen atoms in total. The summed E-state index contributed by atoms with van der Waals surface area (Å²) in [7, 11) is 1.61. The highest BCUT2D eigenvalue weighted by molar-refractivity contribution is 4.88. The van der Waals surface area contributed by atoms with Crippen LogP contribution in [-0.2, 0) is 9.47 Å². The molecular formula is C8H16O3. The van der Waals surface area contributed by atoms with Gasteiger partial charge in [-0.2, -0.15) is 0 Å². The summed E-state index contributed by atoms with van der Waals surface area (Å²) in [4.78, 5) is 0. The Kier molecular flexibility index (Phi) is 2.87. The van der Waals surface area contributed by atoms with E-state index in [1.54, 1.807) is 7.11 Å². The second-order valence-corrected chi connectivity index (χ2v) is 2.98. The summed E-state index contributed by atoms with van der Waals surface area (Å²) in [5, 5.41) is 9.51. The first-order chi connectivity index (χ1) is 5.20. The average Bonchev–Trinajstić information content (AvgIpc) is 2.28. The van der Waals surface area contributed by atoms with E-state index in [4.69, 9.17) is 9.47 Å².